The minimum absolute atomic E-state index is 0.0364. The summed E-state index contributed by atoms with van der Waals surface area (Å²) >= 11 is 0. The maximum absolute atomic E-state index is 11.8. The van der Waals surface area contributed by atoms with Gasteiger partial charge in [0.05, 0.1) is 12.6 Å². The normalized spacial score (nSPS) is 12.2. The molecule has 0 heterocycles. The smallest absolute Gasteiger partial charge is 0.239 e. The third kappa shape index (κ3) is 3.66. The molecule has 1 rings (SSSR count). The summed E-state index contributed by atoms with van der Waals surface area (Å²) in [6.45, 7) is 6.31. The van der Waals surface area contributed by atoms with Gasteiger partial charge in [-0.25, -0.2) is 0 Å². The number of amides is 1. The van der Waals surface area contributed by atoms with Crippen LogP contribution in [0.2, 0.25) is 0 Å². The second-order valence-corrected chi connectivity index (χ2v) is 3.86. The Morgan fingerprint density at radius 3 is 2.56 bits per heavy atom. The van der Waals surface area contributed by atoms with E-state index < -0.39 is 6.04 Å². The molecule has 0 aliphatic carbocycles. The molecule has 0 fully saturated rings. The van der Waals surface area contributed by atoms with Gasteiger partial charge in [-0.05, 0) is 18.9 Å². The van der Waals surface area contributed by atoms with Crippen LogP contribution in [-0.4, -0.2) is 23.4 Å². The maximum atomic E-state index is 11.8. The standard InChI is InChI=1S/C13H19N2O/c1-3-9-15(13(16)11(2)14)10-12-7-5-4-6-8-12/h4-8,10-11H,3,9,14H2,1-2H3/t11-/m0/s1. The number of benzene rings is 1. The van der Waals surface area contributed by atoms with Gasteiger partial charge in [-0.15, -0.1) is 0 Å². The first kappa shape index (κ1) is 12.7. The molecule has 0 aliphatic rings. The van der Waals surface area contributed by atoms with E-state index >= 15 is 0 Å². The minimum Gasteiger partial charge on any atom is -0.332 e. The fourth-order valence-corrected chi connectivity index (χ4v) is 1.46. The molecule has 1 aromatic rings. The Labute approximate surface area is 97.2 Å². The molecule has 87 valence electrons. The van der Waals surface area contributed by atoms with E-state index in [-0.39, 0.29) is 5.91 Å². The third-order valence-corrected chi connectivity index (χ3v) is 2.24. The quantitative estimate of drug-likeness (QED) is 0.820. The highest BCUT2D eigenvalue weighted by atomic mass is 16.2. The SMILES string of the molecule is CCCN([CH]c1ccccc1)C(=O)[C@H](C)N. The van der Waals surface area contributed by atoms with Gasteiger partial charge in [0.2, 0.25) is 5.91 Å². The molecule has 1 atom stereocenters. The van der Waals surface area contributed by atoms with E-state index in [1.54, 1.807) is 11.8 Å². The third-order valence-electron chi connectivity index (χ3n) is 2.24. The number of rotatable bonds is 5. The van der Waals surface area contributed by atoms with Gasteiger partial charge in [-0.2, -0.15) is 0 Å². The lowest BCUT2D eigenvalue weighted by Gasteiger charge is -2.23. The van der Waals surface area contributed by atoms with Gasteiger partial charge in [-0.3, -0.25) is 4.79 Å². The highest BCUT2D eigenvalue weighted by Gasteiger charge is 2.16. The molecule has 1 amide bonds. The van der Waals surface area contributed by atoms with Gasteiger partial charge in [0.15, 0.2) is 0 Å². The van der Waals surface area contributed by atoms with Crippen LogP contribution >= 0.6 is 0 Å². The van der Waals surface area contributed by atoms with Crippen molar-refractivity contribution in [3.05, 3.63) is 42.4 Å². The van der Waals surface area contributed by atoms with Crippen LogP contribution in [0.5, 0.6) is 0 Å². The highest BCUT2D eigenvalue weighted by molar-refractivity contribution is 5.82. The molecule has 3 nitrogen and oxygen atoms in total. The molecule has 1 aromatic carbocycles. The van der Waals surface area contributed by atoms with E-state index in [0.717, 1.165) is 12.0 Å². The Balaban J connectivity index is 2.68. The Bertz CT molecular complexity index is 322. The molecule has 0 aliphatic heterocycles. The monoisotopic (exact) mass is 219 g/mol. The molecule has 2 N–H and O–H groups in total. The van der Waals surface area contributed by atoms with Crippen molar-refractivity contribution in [2.75, 3.05) is 6.54 Å². The summed E-state index contributed by atoms with van der Waals surface area (Å²) in [6.07, 6.45) is 0.918. The van der Waals surface area contributed by atoms with Gasteiger partial charge in [0.25, 0.3) is 0 Å². The lowest BCUT2D eigenvalue weighted by Crippen LogP contribution is -2.41. The van der Waals surface area contributed by atoms with Crippen molar-refractivity contribution >= 4 is 5.91 Å². The predicted octanol–water partition coefficient (Wildman–Crippen LogP) is 1.78. The summed E-state index contributed by atoms with van der Waals surface area (Å²) in [7, 11) is 0. The van der Waals surface area contributed by atoms with Crippen LogP contribution in [0.25, 0.3) is 0 Å². The van der Waals surface area contributed by atoms with E-state index in [4.69, 9.17) is 5.73 Å². The summed E-state index contributed by atoms with van der Waals surface area (Å²) in [4.78, 5) is 13.5. The van der Waals surface area contributed by atoms with Gasteiger partial charge in [0.1, 0.15) is 0 Å². The lowest BCUT2D eigenvalue weighted by atomic mass is 10.2. The van der Waals surface area contributed by atoms with E-state index in [0.29, 0.717) is 6.54 Å². The fourth-order valence-electron chi connectivity index (χ4n) is 1.46. The number of nitrogens with two attached hydrogens (primary N) is 1. The van der Waals surface area contributed by atoms with Gasteiger partial charge < -0.3 is 10.6 Å². The van der Waals surface area contributed by atoms with Crippen molar-refractivity contribution in [1.82, 2.24) is 4.90 Å². The minimum atomic E-state index is -0.452. The lowest BCUT2D eigenvalue weighted by molar-refractivity contribution is -0.130. The van der Waals surface area contributed by atoms with Gasteiger partial charge >= 0.3 is 0 Å². The van der Waals surface area contributed by atoms with Crippen LogP contribution in [-0.2, 0) is 4.79 Å². The topological polar surface area (TPSA) is 46.3 Å². The van der Waals surface area contributed by atoms with Crippen LogP contribution in [0.4, 0.5) is 0 Å². The predicted molar refractivity (Wildman–Crippen MR) is 65.5 cm³/mol. The Kier molecular flexibility index (Phi) is 4.99. The van der Waals surface area contributed by atoms with Crippen LogP contribution in [0.15, 0.2) is 30.3 Å². The number of carbonyl (C=O) groups is 1. The zero-order valence-electron chi connectivity index (χ0n) is 9.89. The average molecular weight is 219 g/mol. The molecule has 0 aromatic heterocycles. The van der Waals surface area contributed by atoms with Crippen molar-refractivity contribution in [2.24, 2.45) is 5.73 Å². The fraction of sp³-hybridized carbons (Fsp3) is 0.385. The van der Waals surface area contributed by atoms with Crippen molar-refractivity contribution in [2.45, 2.75) is 26.3 Å². The van der Waals surface area contributed by atoms with E-state index in [1.165, 1.54) is 0 Å². The zero-order valence-corrected chi connectivity index (χ0v) is 9.89. The summed E-state index contributed by atoms with van der Waals surface area (Å²) < 4.78 is 0. The van der Waals surface area contributed by atoms with Crippen molar-refractivity contribution in [3.8, 4) is 0 Å². The zero-order chi connectivity index (χ0) is 12.0. The average Bonchev–Trinajstić information content (AvgIpc) is 2.29. The number of nitrogens with zero attached hydrogens (tertiary/aromatic N) is 1. The van der Waals surface area contributed by atoms with E-state index in [1.807, 2.05) is 43.8 Å². The Morgan fingerprint density at radius 1 is 1.44 bits per heavy atom. The molecule has 3 heteroatoms. The largest absolute Gasteiger partial charge is 0.332 e. The Morgan fingerprint density at radius 2 is 2.06 bits per heavy atom. The summed E-state index contributed by atoms with van der Waals surface area (Å²) in [5.74, 6) is -0.0364. The molecule has 0 spiro atoms. The Hall–Kier alpha value is -1.35. The molecule has 0 unspecified atom stereocenters. The molecule has 1 radical (unpaired) electrons. The molecular formula is C13H19N2O. The second-order valence-electron chi connectivity index (χ2n) is 3.86. The molecular weight excluding hydrogens is 200 g/mol. The van der Waals surface area contributed by atoms with Crippen molar-refractivity contribution < 1.29 is 4.79 Å². The van der Waals surface area contributed by atoms with Crippen LogP contribution in [0, 0.1) is 6.54 Å². The molecule has 0 saturated heterocycles. The first-order valence-electron chi connectivity index (χ1n) is 5.61. The highest BCUT2D eigenvalue weighted by Crippen LogP contribution is 2.08. The first-order valence-corrected chi connectivity index (χ1v) is 5.61. The van der Waals surface area contributed by atoms with Crippen molar-refractivity contribution in [3.63, 3.8) is 0 Å². The van der Waals surface area contributed by atoms with Gasteiger partial charge in [-0.1, -0.05) is 37.3 Å². The molecule has 0 bridgehead atoms. The number of carbonyl (C=O) groups excluding carboxylic acids is 1. The second kappa shape index (κ2) is 6.28. The van der Waals surface area contributed by atoms with Crippen LogP contribution < -0.4 is 5.73 Å². The van der Waals surface area contributed by atoms with E-state index in [2.05, 4.69) is 0 Å². The first-order chi connectivity index (χ1) is 7.65. The molecule has 0 saturated carbocycles. The number of hydrogen-bond acceptors (Lipinski definition) is 2. The summed E-state index contributed by atoms with van der Waals surface area (Å²) in [5.41, 5.74) is 6.63. The van der Waals surface area contributed by atoms with E-state index in [9.17, 15) is 4.79 Å². The summed E-state index contributed by atoms with van der Waals surface area (Å²) in [5, 5.41) is 0. The maximum Gasteiger partial charge on any atom is 0.239 e. The summed E-state index contributed by atoms with van der Waals surface area (Å²) in [6, 6.07) is 9.34. The van der Waals surface area contributed by atoms with Crippen LogP contribution in [0.1, 0.15) is 25.8 Å². The van der Waals surface area contributed by atoms with Crippen molar-refractivity contribution in [1.29, 1.82) is 0 Å². The van der Waals surface area contributed by atoms with Crippen LogP contribution in [0.3, 0.4) is 0 Å². The number of hydrogen-bond donors (Lipinski definition) is 1. The van der Waals surface area contributed by atoms with Gasteiger partial charge in [0, 0.05) is 6.54 Å². The molecule has 16 heavy (non-hydrogen) atoms.